The van der Waals surface area contributed by atoms with Crippen LogP contribution in [0, 0.1) is 0 Å². The predicted molar refractivity (Wildman–Crippen MR) is 77.7 cm³/mol. The number of rotatable bonds is 4. The van der Waals surface area contributed by atoms with Gasteiger partial charge in [-0.05, 0) is 24.3 Å². The summed E-state index contributed by atoms with van der Waals surface area (Å²) in [6, 6.07) is 17.8. The molecule has 0 N–H and O–H groups in total. The Morgan fingerprint density at radius 1 is 0.789 bits per heavy atom. The van der Waals surface area contributed by atoms with Crippen LogP contribution in [0.25, 0.3) is 0 Å². The van der Waals surface area contributed by atoms with E-state index in [2.05, 4.69) is 13.8 Å². The molecule has 0 aromatic heterocycles. The average molecular weight is 277 g/mol. The van der Waals surface area contributed by atoms with Crippen LogP contribution in [-0.2, 0) is 4.57 Å². The van der Waals surface area contributed by atoms with E-state index in [0.29, 0.717) is 11.5 Å². The third-order valence-corrected chi connectivity index (χ3v) is 2.57. The Hall–Kier alpha value is -1.86. The fourth-order valence-corrected chi connectivity index (χ4v) is 1.78. The second kappa shape index (κ2) is 9.12. The molecule has 0 atom stereocenters. The first-order valence-corrected chi connectivity index (χ1v) is 7.29. The van der Waals surface area contributed by atoms with E-state index in [4.69, 9.17) is 9.05 Å². The molecule has 0 heterocycles. The SMILES string of the molecule is CCC.O=[P+](Oc1ccccc1)Oc1ccccc1. The molecule has 3 nitrogen and oxygen atoms in total. The highest BCUT2D eigenvalue weighted by Gasteiger charge is 2.23. The van der Waals surface area contributed by atoms with Gasteiger partial charge in [0, 0.05) is 4.57 Å². The molecule has 0 radical (unpaired) electrons. The van der Waals surface area contributed by atoms with Gasteiger partial charge in [0.15, 0.2) is 11.5 Å². The number of hydrogen-bond acceptors (Lipinski definition) is 3. The van der Waals surface area contributed by atoms with Gasteiger partial charge in [0.1, 0.15) is 0 Å². The maximum absolute atomic E-state index is 11.5. The molecule has 100 valence electrons. The van der Waals surface area contributed by atoms with Gasteiger partial charge in [-0.25, -0.2) is 9.05 Å². The second-order valence-corrected chi connectivity index (χ2v) is 4.55. The molecule has 0 fully saturated rings. The molecule has 0 saturated heterocycles. The van der Waals surface area contributed by atoms with Gasteiger partial charge in [-0.15, -0.1) is 0 Å². The van der Waals surface area contributed by atoms with Crippen LogP contribution in [0.1, 0.15) is 20.3 Å². The Morgan fingerprint density at radius 3 is 1.42 bits per heavy atom. The first-order valence-electron chi connectivity index (χ1n) is 6.19. The first-order chi connectivity index (χ1) is 9.26. The van der Waals surface area contributed by atoms with Crippen molar-refractivity contribution in [2.24, 2.45) is 0 Å². The highest BCUT2D eigenvalue weighted by atomic mass is 31.1. The van der Waals surface area contributed by atoms with E-state index in [1.165, 1.54) is 6.42 Å². The first kappa shape index (κ1) is 15.2. The Kier molecular flexibility index (Phi) is 7.30. The van der Waals surface area contributed by atoms with Gasteiger partial charge in [0.25, 0.3) is 0 Å². The highest BCUT2D eigenvalue weighted by Crippen LogP contribution is 2.29. The molecule has 0 saturated carbocycles. The van der Waals surface area contributed by atoms with E-state index < -0.39 is 8.25 Å². The summed E-state index contributed by atoms with van der Waals surface area (Å²) in [6.45, 7) is 4.25. The normalized spacial score (nSPS) is 8.95. The maximum Gasteiger partial charge on any atom is 0.805 e. The third kappa shape index (κ3) is 6.58. The minimum Gasteiger partial charge on any atom is -0.222 e. The quantitative estimate of drug-likeness (QED) is 0.719. The Labute approximate surface area is 115 Å². The monoisotopic (exact) mass is 277 g/mol. The molecule has 2 aromatic carbocycles. The second-order valence-electron chi connectivity index (χ2n) is 3.74. The van der Waals surface area contributed by atoms with Crippen LogP contribution < -0.4 is 9.05 Å². The van der Waals surface area contributed by atoms with Crippen LogP contribution in [-0.4, -0.2) is 0 Å². The van der Waals surface area contributed by atoms with E-state index >= 15 is 0 Å². The molecular formula is C15H18O3P+. The van der Waals surface area contributed by atoms with Crippen LogP contribution in [0.4, 0.5) is 0 Å². The summed E-state index contributed by atoms with van der Waals surface area (Å²) in [5.74, 6) is 1.05. The van der Waals surface area contributed by atoms with E-state index in [-0.39, 0.29) is 0 Å². The summed E-state index contributed by atoms with van der Waals surface area (Å²) in [5, 5.41) is 0. The van der Waals surface area contributed by atoms with Gasteiger partial charge >= 0.3 is 8.25 Å². The molecule has 0 aliphatic carbocycles. The molecule has 0 unspecified atom stereocenters. The molecule has 0 aliphatic rings. The summed E-state index contributed by atoms with van der Waals surface area (Å²) in [4.78, 5) is 0. The molecule has 0 amide bonds. The van der Waals surface area contributed by atoms with Crippen molar-refractivity contribution in [3.8, 4) is 11.5 Å². The maximum atomic E-state index is 11.5. The zero-order valence-electron chi connectivity index (χ0n) is 11.2. The van der Waals surface area contributed by atoms with Gasteiger partial charge in [-0.1, -0.05) is 56.7 Å². The van der Waals surface area contributed by atoms with Gasteiger partial charge in [0.05, 0.1) is 0 Å². The van der Waals surface area contributed by atoms with Crippen molar-refractivity contribution in [2.45, 2.75) is 20.3 Å². The zero-order valence-corrected chi connectivity index (χ0v) is 12.0. The molecular weight excluding hydrogens is 259 g/mol. The van der Waals surface area contributed by atoms with Crippen molar-refractivity contribution in [3.05, 3.63) is 60.7 Å². The Morgan fingerprint density at radius 2 is 1.11 bits per heavy atom. The fourth-order valence-electron chi connectivity index (χ4n) is 1.15. The minimum atomic E-state index is -2.18. The lowest BCUT2D eigenvalue weighted by molar-refractivity contribution is 0.415. The molecule has 2 aromatic rings. The van der Waals surface area contributed by atoms with Crippen LogP contribution in [0.15, 0.2) is 60.7 Å². The van der Waals surface area contributed by atoms with Crippen LogP contribution in [0.2, 0.25) is 0 Å². The molecule has 2 rings (SSSR count). The predicted octanol–water partition coefficient (Wildman–Crippen LogP) is 5.22. The average Bonchev–Trinajstić information content (AvgIpc) is 2.41. The fraction of sp³-hybridized carbons (Fsp3) is 0.200. The number of para-hydroxylation sites is 2. The van der Waals surface area contributed by atoms with Crippen molar-refractivity contribution in [1.82, 2.24) is 0 Å². The summed E-state index contributed by atoms with van der Waals surface area (Å²) in [7, 11) is -2.18. The van der Waals surface area contributed by atoms with Crippen molar-refractivity contribution >= 4 is 8.25 Å². The lowest BCUT2D eigenvalue weighted by Gasteiger charge is -1.92. The molecule has 0 spiro atoms. The van der Waals surface area contributed by atoms with Gasteiger partial charge < -0.3 is 0 Å². The molecule has 19 heavy (non-hydrogen) atoms. The summed E-state index contributed by atoms with van der Waals surface area (Å²) >= 11 is 0. The standard InChI is InChI=1S/C12H10O3P.C3H8/c13-16(14-11-7-3-1-4-8-11)15-12-9-5-2-6-10-12;1-3-2/h1-10H;3H2,1-2H3/q+1;. The summed E-state index contributed by atoms with van der Waals surface area (Å²) < 4.78 is 21.7. The number of hydrogen-bond donors (Lipinski definition) is 0. The van der Waals surface area contributed by atoms with E-state index in [1.807, 2.05) is 12.1 Å². The smallest absolute Gasteiger partial charge is 0.222 e. The highest BCUT2D eigenvalue weighted by molar-refractivity contribution is 7.34. The van der Waals surface area contributed by atoms with Crippen molar-refractivity contribution in [1.29, 1.82) is 0 Å². The lowest BCUT2D eigenvalue weighted by Crippen LogP contribution is -1.87. The Bertz CT molecular complexity index is 428. The van der Waals surface area contributed by atoms with E-state index in [1.54, 1.807) is 48.5 Å². The summed E-state index contributed by atoms with van der Waals surface area (Å²) in [6.07, 6.45) is 1.25. The number of benzene rings is 2. The molecule has 0 bridgehead atoms. The van der Waals surface area contributed by atoms with Crippen molar-refractivity contribution in [2.75, 3.05) is 0 Å². The van der Waals surface area contributed by atoms with Crippen LogP contribution in [0.3, 0.4) is 0 Å². The molecule has 4 heteroatoms. The van der Waals surface area contributed by atoms with Crippen molar-refractivity contribution in [3.63, 3.8) is 0 Å². The van der Waals surface area contributed by atoms with E-state index in [0.717, 1.165) is 0 Å². The van der Waals surface area contributed by atoms with Crippen molar-refractivity contribution < 1.29 is 13.6 Å². The lowest BCUT2D eigenvalue weighted by atomic mass is 10.3. The van der Waals surface area contributed by atoms with E-state index in [9.17, 15) is 4.57 Å². The van der Waals surface area contributed by atoms with Gasteiger partial charge in [0.2, 0.25) is 0 Å². The summed E-state index contributed by atoms with van der Waals surface area (Å²) in [5.41, 5.74) is 0. The van der Waals surface area contributed by atoms with Crippen LogP contribution in [0.5, 0.6) is 11.5 Å². The zero-order chi connectivity index (χ0) is 13.9. The van der Waals surface area contributed by atoms with Crippen LogP contribution >= 0.6 is 8.25 Å². The molecule has 0 aliphatic heterocycles. The third-order valence-electron chi connectivity index (χ3n) is 1.85. The van der Waals surface area contributed by atoms with Gasteiger partial charge in [-0.2, -0.15) is 0 Å². The largest absolute Gasteiger partial charge is 0.805 e. The minimum absolute atomic E-state index is 0.527. The van der Waals surface area contributed by atoms with Gasteiger partial charge in [-0.3, -0.25) is 0 Å². The topological polar surface area (TPSA) is 35.5 Å². The Balaban J connectivity index is 0.000000550.